The minimum absolute atomic E-state index is 0.0326. The molecule has 1 aromatic carbocycles. The van der Waals surface area contributed by atoms with Crippen LogP contribution in [0.4, 0.5) is 0 Å². The van der Waals surface area contributed by atoms with Gasteiger partial charge in [0.05, 0.1) is 18.8 Å². The maximum Gasteiger partial charge on any atom is 0.0633 e. The first-order valence-corrected chi connectivity index (χ1v) is 6.62. The van der Waals surface area contributed by atoms with E-state index in [1.165, 1.54) is 11.1 Å². The number of hydrogen-bond donors (Lipinski definition) is 3. The molecular formula is C15H23NO2. The maximum absolute atomic E-state index is 9.25. The van der Waals surface area contributed by atoms with Crippen LogP contribution in [0.2, 0.25) is 0 Å². The predicted octanol–water partition coefficient (Wildman–Crippen LogP) is 1.57. The molecule has 1 aliphatic carbocycles. The van der Waals surface area contributed by atoms with Crippen LogP contribution >= 0.6 is 0 Å². The molecule has 0 unspecified atom stereocenters. The van der Waals surface area contributed by atoms with Crippen molar-refractivity contribution in [1.82, 2.24) is 5.32 Å². The fourth-order valence-electron chi connectivity index (χ4n) is 2.57. The lowest BCUT2D eigenvalue weighted by Crippen LogP contribution is -2.56. The fourth-order valence-corrected chi connectivity index (χ4v) is 2.57. The number of aliphatic hydroxyl groups is 2. The molecule has 1 fully saturated rings. The molecule has 0 aliphatic heterocycles. The van der Waals surface area contributed by atoms with Crippen LogP contribution in [0.5, 0.6) is 0 Å². The van der Waals surface area contributed by atoms with Gasteiger partial charge in [-0.25, -0.2) is 0 Å². The molecule has 0 aromatic heterocycles. The van der Waals surface area contributed by atoms with Gasteiger partial charge in [-0.05, 0) is 38.2 Å². The average molecular weight is 249 g/mol. The van der Waals surface area contributed by atoms with Gasteiger partial charge in [0, 0.05) is 6.04 Å². The second-order valence-corrected chi connectivity index (χ2v) is 5.80. The second kappa shape index (κ2) is 5.39. The van der Waals surface area contributed by atoms with Crippen LogP contribution in [-0.4, -0.2) is 35.0 Å². The highest BCUT2D eigenvalue weighted by Crippen LogP contribution is 2.37. The number of rotatable bonds is 5. The van der Waals surface area contributed by atoms with Crippen molar-refractivity contribution in [2.75, 3.05) is 13.2 Å². The first kappa shape index (κ1) is 13.5. The van der Waals surface area contributed by atoms with Gasteiger partial charge in [0.15, 0.2) is 0 Å². The smallest absolute Gasteiger partial charge is 0.0633 e. The molecule has 2 rings (SSSR count). The van der Waals surface area contributed by atoms with E-state index in [1.807, 2.05) is 6.92 Å². The van der Waals surface area contributed by atoms with Crippen molar-refractivity contribution in [2.24, 2.45) is 0 Å². The third-order valence-corrected chi connectivity index (χ3v) is 3.90. The third kappa shape index (κ3) is 2.91. The van der Waals surface area contributed by atoms with Crippen LogP contribution < -0.4 is 5.32 Å². The molecule has 18 heavy (non-hydrogen) atoms. The van der Waals surface area contributed by atoms with Gasteiger partial charge in [-0.3, -0.25) is 0 Å². The number of aliphatic hydroxyl groups excluding tert-OH is 2. The van der Waals surface area contributed by atoms with E-state index in [2.05, 4.69) is 36.5 Å². The van der Waals surface area contributed by atoms with Crippen LogP contribution in [0.25, 0.3) is 0 Å². The van der Waals surface area contributed by atoms with Gasteiger partial charge in [-0.1, -0.05) is 29.8 Å². The molecular weight excluding hydrogens is 226 g/mol. The Balaban J connectivity index is 1.87. The normalized spacial score (nSPS) is 23.8. The molecule has 3 heteroatoms. The van der Waals surface area contributed by atoms with Gasteiger partial charge in [-0.15, -0.1) is 0 Å². The highest BCUT2D eigenvalue weighted by molar-refractivity contribution is 5.27. The van der Waals surface area contributed by atoms with Crippen LogP contribution in [0, 0.1) is 6.92 Å². The quantitative estimate of drug-likeness (QED) is 0.742. The van der Waals surface area contributed by atoms with Crippen molar-refractivity contribution in [1.29, 1.82) is 0 Å². The van der Waals surface area contributed by atoms with Gasteiger partial charge in [0.25, 0.3) is 0 Å². The van der Waals surface area contributed by atoms with E-state index >= 15 is 0 Å². The molecule has 0 atom stereocenters. The molecule has 3 N–H and O–H groups in total. The molecule has 1 aromatic rings. The molecule has 0 bridgehead atoms. The molecule has 1 aliphatic rings. The van der Waals surface area contributed by atoms with Crippen molar-refractivity contribution < 1.29 is 10.2 Å². The summed E-state index contributed by atoms with van der Waals surface area (Å²) in [6.45, 7) is 3.91. The number of benzene rings is 1. The van der Waals surface area contributed by atoms with Gasteiger partial charge >= 0.3 is 0 Å². The first-order valence-electron chi connectivity index (χ1n) is 6.62. The lowest BCUT2D eigenvalue weighted by molar-refractivity contribution is 0.0780. The Morgan fingerprint density at radius 1 is 1.28 bits per heavy atom. The van der Waals surface area contributed by atoms with Crippen molar-refractivity contribution in [2.45, 2.75) is 44.2 Å². The maximum atomic E-state index is 9.25. The van der Waals surface area contributed by atoms with E-state index in [4.69, 9.17) is 0 Å². The Morgan fingerprint density at radius 3 is 2.50 bits per heavy atom. The van der Waals surface area contributed by atoms with Gasteiger partial charge in [-0.2, -0.15) is 0 Å². The van der Waals surface area contributed by atoms with Crippen molar-refractivity contribution in [3.63, 3.8) is 0 Å². The molecule has 3 nitrogen and oxygen atoms in total. The van der Waals surface area contributed by atoms with E-state index in [0.29, 0.717) is 12.0 Å². The zero-order valence-electron chi connectivity index (χ0n) is 11.2. The largest absolute Gasteiger partial charge is 0.394 e. The summed E-state index contributed by atoms with van der Waals surface area (Å²) in [7, 11) is 0. The summed E-state index contributed by atoms with van der Waals surface area (Å²) >= 11 is 0. The number of nitrogens with one attached hydrogen (secondary N) is 1. The summed E-state index contributed by atoms with van der Waals surface area (Å²) in [6, 6.07) is 9.06. The average Bonchev–Trinajstić information content (AvgIpc) is 2.33. The predicted molar refractivity (Wildman–Crippen MR) is 72.7 cm³/mol. The van der Waals surface area contributed by atoms with E-state index < -0.39 is 5.54 Å². The fraction of sp³-hybridized carbons (Fsp3) is 0.600. The number of aryl methyl sites for hydroxylation is 1. The molecule has 1 saturated carbocycles. The Morgan fingerprint density at radius 2 is 1.94 bits per heavy atom. The van der Waals surface area contributed by atoms with E-state index in [1.54, 1.807) is 0 Å². The van der Waals surface area contributed by atoms with Crippen molar-refractivity contribution in [3.05, 3.63) is 35.4 Å². The second-order valence-electron chi connectivity index (χ2n) is 5.80. The zero-order valence-corrected chi connectivity index (χ0v) is 11.2. The summed E-state index contributed by atoms with van der Waals surface area (Å²) in [5, 5.41) is 21.8. The minimum atomic E-state index is -0.553. The Bertz CT molecular complexity index is 395. The van der Waals surface area contributed by atoms with Crippen LogP contribution in [0.15, 0.2) is 24.3 Å². The number of hydrogen-bond acceptors (Lipinski definition) is 3. The topological polar surface area (TPSA) is 52.5 Å². The highest BCUT2D eigenvalue weighted by atomic mass is 16.3. The molecule has 0 saturated heterocycles. The molecule has 100 valence electrons. The van der Waals surface area contributed by atoms with Crippen molar-refractivity contribution >= 4 is 0 Å². The zero-order chi connectivity index (χ0) is 13.2. The monoisotopic (exact) mass is 249 g/mol. The van der Waals surface area contributed by atoms with Crippen LogP contribution in [-0.2, 0) is 0 Å². The lowest BCUT2D eigenvalue weighted by atomic mass is 9.75. The molecule has 0 spiro atoms. The minimum Gasteiger partial charge on any atom is -0.394 e. The third-order valence-electron chi connectivity index (χ3n) is 3.90. The summed E-state index contributed by atoms with van der Waals surface area (Å²) in [5.41, 5.74) is 2.16. The Labute approximate surface area is 109 Å². The summed E-state index contributed by atoms with van der Waals surface area (Å²) in [5.74, 6) is 0.615. The summed E-state index contributed by atoms with van der Waals surface area (Å²) in [4.78, 5) is 0. The Kier molecular flexibility index (Phi) is 4.05. The van der Waals surface area contributed by atoms with E-state index in [-0.39, 0.29) is 13.2 Å². The van der Waals surface area contributed by atoms with Gasteiger partial charge < -0.3 is 15.5 Å². The SMILES string of the molecule is Cc1cccc(C2CC(NC(C)(CO)CO)C2)c1. The van der Waals surface area contributed by atoms with Gasteiger partial charge in [0.1, 0.15) is 0 Å². The highest BCUT2D eigenvalue weighted by Gasteiger charge is 2.35. The van der Waals surface area contributed by atoms with E-state index in [9.17, 15) is 10.2 Å². The van der Waals surface area contributed by atoms with Crippen LogP contribution in [0.3, 0.4) is 0 Å². The Hall–Kier alpha value is -0.900. The van der Waals surface area contributed by atoms with E-state index in [0.717, 1.165) is 12.8 Å². The first-order chi connectivity index (χ1) is 8.56. The lowest BCUT2D eigenvalue weighted by Gasteiger charge is -2.42. The van der Waals surface area contributed by atoms with Gasteiger partial charge in [0.2, 0.25) is 0 Å². The molecule has 0 radical (unpaired) electrons. The molecule has 0 heterocycles. The van der Waals surface area contributed by atoms with Crippen molar-refractivity contribution in [3.8, 4) is 0 Å². The summed E-state index contributed by atoms with van der Waals surface area (Å²) < 4.78 is 0. The standard InChI is InChI=1S/C15H23NO2/c1-11-4-3-5-12(6-11)13-7-14(8-13)16-15(2,9-17)10-18/h3-6,13-14,16-18H,7-10H2,1-2H3. The molecule has 0 amide bonds. The summed E-state index contributed by atoms with van der Waals surface area (Å²) in [6.07, 6.45) is 2.16. The van der Waals surface area contributed by atoms with Crippen LogP contribution in [0.1, 0.15) is 36.8 Å².